The van der Waals surface area contributed by atoms with Crippen LogP contribution < -0.4 is 0 Å². The molecule has 6 heteroatoms. The Hall–Kier alpha value is 4.47. The molecule has 0 aromatic carbocycles. The summed E-state index contributed by atoms with van der Waals surface area (Å²) in [6.45, 7) is 0. The fraction of sp³-hybridized carbons (Fsp3) is 0. The van der Waals surface area contributed by atoms with Gasteiger partial charge in [0.1, 0.15) is 0 Å². The van der Waals surface area contributed by atoms with Gasteiger partial charge in [-0.2, -0.15) is 0 Å². The van der Waals surface area contributed by atoms with Crippen LogP contribution in [0.15, 0.2) is 0 Å². The summed E-state index contributed by atoms with van der Waals surface area (Å²) in [5.41, 5.74) is 0. The van der Waals surface area contributed by atoms with Gasteiger partial charge in [-0.3, -0.25) is 0 Å². The third-order valence-corrected chi connectivity index (χ3v) is 0. The molecular weight excluding hydrogens is 501 g/mol. The van der Waals surface area contributed by atoms with E-state index < -0.39 is 0 Å². The first-order valence-electron chi connectivity index (χ1n) is 0.167. The molecule has 0 saturated carbocycles. The molecule has 0 N–H and O–H groups in total. The molecule has 0 heterocycles. The molecule has 6 heavy (non-hydrogen) atoms. The van der Waals surface area contributed by atoms with E-state index in [1.807, 2.05) is 0 Å². The van der Waals surface area contributed by atoms with E-state index in [4.69, 9.17) is 3.40 Å². The Bertz CT molecular complexity index is 25.2. The molecule has 0 bridgehead atoms. The van der Waals surface area contributed by atoms with E-state index in [1.54, 1.807) is 0 Å². The molecule has 0 rings (SSSR count). The fourth-order valence-corrected chi connectivity index (χ4v) is 0. The topological polar surface area (TPSA) is 17.1 Å². The van der Waals surface area contributed by atoms with Crippen molar-refractivity contribution in [2.75, 3.05) is 0 Å². The van der Waals surface area contributed by atoms with Crippen molar-refractivity contribution in [3.63, 3.8) is 0 Å². The predicted octanol–water partition coefficient (Wildman–Crippen LogP) is -1.89. The summed E-state index contributed by atoms with van der Waals surface area (Å²) in [5.74, 6) is 0. The van der Waals surface area contributed by atoms with Crippen molar-refractivity contribution in [2.45, 2.75) is 0 Å². The minimum Gasteiger partial charge on any atom is -0.0149 e. The maximum atomic E-state index is 8.33. The SMILES string of the molecule is [Ba+2].[H-].[H-].[H-].[H-].[O]=[W].[SiH4].[Sr+2].[Ti]. The maximum absolute atomic E-state index is 8.33. The molecule has 0 atom stereocenters. The molecule has 0 aliphatic rings. The van der Waals surface area contributed by atoms with Crippen molar-refractivity contribution in [2.24, 2.45) is 0 Å². The average molecular weight is 509 g/mol. The first-order valence-corrected chi connectivity index (χ1v) is 1.36. The van der Waals surface area contributed by atoms with E-state index in [0.29, 0.717) is 19.8 Å². The summed E-state index contributed by atoms with van der Waals surface area (Å²) in [6, 6.07) is 0. The van der Waals surface area contributed by atoms with Crippen LogP contribution in [-0.2, 0) is 44.9 Å². The Balaban J connectivity index is -0.000000000179. The Morgan fingerprint density at radius 3 is 1.33 bits per heavy atom. The van der Waals surface area contributed by atoms with Gasteiger partial charge in [-0.1, -0.05) is 0 Å². The molecular formula is H8BaOSiSrTiW. The molecule has 0 amide bonds. The van der Waals surface area contributed by atoms with E-state index in [1.165, 1.54) is 0 Å². The van der Waals surface area contributed by atoms with Crippen LogP contribution in [0.1, 0.15) is 5.71 Å². The molecule has 0 unspecified atom stereocenters. The van der Waals surface area contributed by atoms with Gasteiger partial charge in [0.25, 0.3) is 0 Å². The van der Waals surface area contributed by atoms with Crippen LogP contribution in [0.25, 0.3) is 0 Å². The average Bonchev–Trinajstić information content (AvgIpc) is 1.00. The zero-order valence-corrected chi connectivity index (χ0v) is 15.1. The first-order chi connectivity index (χ1) is 1.00. The minimum absolute atomic E-state index is 0. The number of rotatable bonds is 0. The molecule has 0 spiro atoms. The second-order valence-electron chi connectivity index (χ2n) is 0. The quantitative estimate of drug-likeness (QED) is 0.350. The summed E-state index contributed by atoms with van der Waals surface area (Å²) in [5, 5.41) is 0. The largest absolute Gasteiger partial charge is 2.00 e. The van der Waals surface area contributed by atoms with E-state index in [2.05, 4.69) is 0 Å². The Kier molecular flexibility index (Phi) is 178. The zero-order valence-electron chi connectivity index (χ0n) is 6.73. The Morgan fingerprint density at radius 1 is 1.33 bits per heavy atom. The smallest absolute Gasteiger partial charge is 0.0149 e. The van der Waals surface area contributed by atoms with Gasteiger partial charge < -0.3 is 5.71 Å². The van der Waals surface area contributed by atoms with Gasteiger partial charge in [-0.15, -0.1) is 0 Å². The van der Waals surface area contributed by atoms with Gasteiger partial charge in [0.15, 0.2) is 0 Å². The maximum Gasteiger partial charge on any atom is 2.00 e. The van der Waals surface area contributed by atoms with Crippen LogP contribution in [0.2, 0.25) is 0 Å². The van der Waals surface area contributed by atoms with Crippen molar-refractivity contribution in [1.82, 2.24) is 0 Å². The summed E-state index contributed by atoms with van der Waals surface area (Å²) in [7, 11) is 0. The standard InChI is InChI=1S/Ba.O.H4Si.Sr.Ti.W.4H/h;;1H4;;;;;;;/q+2;;;+2;;;4*-1. The van der Waals surface area contributed by atoms with Crippen molar-refractivity contribution in [1.29, 1.82) is 0 Å². The fourth-order valence-electron chi connectivity index (χ4n) is 0. The molecule has 0 aromatic heterocycles. The van der Waals surface area contributed by atoms with E-state index in [-0.39, 0.29) is 133 Å². The molecule has 0 aromatic rings. The van der Waals surface area contributed by atoms with Crippen LogP contribution >= 0.6 is 0 Å². The van der Waals surface area contributed by atoms with Gasteiger partial charge in [-0.05, 0) is 11.0 Å². The van der Waals surface area contributed by atoms with Crippen LogP contribution in [0.5, 0.6) is 0 Å². The summed E-state index contributed by atoms with van der Waals surface area (Å²) < 4.78 is 8.33. The summed E-state index contributed by atoms with van der Waals surface area (Å²) in [6.07, 6.45) is 0. The van der Waals surface area contributed by atoms with Crippen molar-refractivity contribution < 1.29 is 50.6 Å². The second-order valence-corrected chi connectivity index (χ2v) is 0. The van der Waals surface area contributed by atoms with E-state index in [9.17, 15) is 0 Å². The van der Waals surface area contributed by atoms with Crippen molar-refractivity contribution in [3.05, 3.63) is 0 Å². The van der Waals surface area contributed by atoms with Gasteiger partial charge in [0.05, 0.1) is 0 Å². The Morgan fingerprint density at radius 2 is 1.33 bits per heavy atom. The molecule has 0 fully saturated rings. The van der Waals surface area contributed by atoms with Gasteiger partial charge in [-0.25, -0.2) is 0 Å². The van der Waals surface area contributed by atoms with Crippen LogP contribution in [-0.4, -0.2) is 105 Å². The zero-order chi connectivity index (χ0) is 2.00. The summed E-state index contributed by atoms with van der Waals surface area (Å²) >= 11 is 0.333. The second kappa shape index (κ2) is 34.0. The van der Waals surface area contributed by atoms with Crippen LogP contribution in [0, 0.1) is 0 Å². The summed E-state index contributed by atoms with van der Waals surface area (Å²) in [4.78, 5) is 0. The van der Waals surface area contributed by atoms with Gasteiger partial charge >= 0.3 is 118 Å². The first kappa shape index (κ1) is 31.4. The molecule has 0 saturated heterocycles. The van der Waals surface area contributed by atoms with Gasteiger partial charge in [0.2, 0.25) is 0 Å². The normalized spacial score (nSPS) is 0.667. The molecule has 0 aliphatic carbocycles. The van der Waals surface area contributed by atoms with E-state index in [0.717, 1.165) is 0 Å². The molecule has 0 radical (unpaired) electrons. The monoisotopic (exact) mass is 510 g/mol. The molecule has 32 valence electrons. The Labute approximate surface area is 152 Å². The van der Waals surface area contributed by atoms with Crippen LogP contribution in [0.3, 0.4) is 0 Å². The van der Waals surface area contributed by atoms with E-state index >= 15 is 0 Å². The minimum atomic E-state index is 0. The van der Waals surface area contributed by atoms with Crippen molar-refractivity contribution in [3.8, 4) is 0 Å². The molecule has 1 nitrogen and oxygen atoms in total. The predicted molar refractivity (Wildman–Crippen MR) is 28.0 cm³/mol. The molecule has 0 aliphatic heterocycles. The number of hydrogen-bond donors (Lipinski definition) is 0. The number of hydrogen-bond acceptors (Lipinski definition) is 1. The van der Waals surface area contributed by atoms with Crippen LogP contribution in [0.4, 0.5) is 0 Å². The van der Waals surface area contributed by atoms with Gasteiger partial charge in [0, 0.05) is 21.7 Å². The third-order valence-electron chi connectivity index (χ3n) is 0. The third kappa shape index (κ3) is 23.7. The van der Waals surface area contributed by atoms with Crippen molar-refractivity contribution >= 4 is 105 Å².